The van der Waals surface area contributed by atoms with Gasteiger partial charge < -0.3 is 5.11 Å². The van der Waals surface area contributed by atoms with Crippen LogP contribution >= 0.6 is 0 Å². The molecule has 1 unspecified atom stereocenters. The van der Waals surface area contributed by atoms with E-state index >= 15 is 0 Å². The molecule has 0 aliphatic heterocycles. The highest BCUT2D eigenvalue weighted by Gasteiger charge is 2.13. The minimum Gasteiger partial charge on any atom is -0.350 e. The van der Waals surface area contributed by atoms with E-state index in [4.69, 9.17) is 0 Å². The fourth-order valence-electron chi connectivity index (χ4n) is 1.10. The van der Waals surface area contributed by atoms with E-state index in [1.165, 1.54) is 0 Å². The molecule has 0 saturated carbocycles. The van der Waals surface area contributed by atoms with Crippen LogP contribution in [-0.2, 0) is 0 Å². The van der Waals surface area contributed by atoms with Crippen molar-refractivity contribution in [2.24, 2.45) is 0 Å². The molecule has 0 aromatic heterocycles. The number of aliphatic hydroxyl groups excluding tert-OH is 1. The van der Waals surface area contributed by atoms with Crippen molar-refractivity contribution in [2.45, 2.75) is 20.0 Å². The summed E-state index contributed by atoms with van der Waals surface area (Å²) in [7, 11) is 0. The van der Waals surface area contributed by atoms with Gasteiger partial charge in [-0.3, -0.25) is 0 Å². The Morgan fingerprint density at radius 3 is 2.55 bits per heavy atom. The largest absolute Gasteiger partial charge is 0.350 e. The SMILES string of the molecule is C[CH+]C(O)c1ccccc1C. The summed E-state index contributed by atoms with van der Waals surface area (Å²) >= 11 is 0. The van der Waals surface area contributed by atoms with Crippen molar-refractivity contribution in [3.8, 4) is 0 Å². The van der Waals surface area contributed by atoms with Gasteiger partial charge in [-0.2, -0.15) is 0 Å². The van der Waals surface area contributed by atoms with E-state index in [0.717, 1.165) is 11.1 Å². The van der Waals surface area contributed by atoms with Gasteiger partial charge in [0.15, 0.2) is 0 Å². The zero-order chi connectivity index (χ0) is 8.27. The van der Waals surface area contributed by atoms with E-state index in [9.17, 15) is 5.11 Å². The quantitative estimate of drug-likeness (QED) is 0.639. The molecule has 0 heterocycles. The number of aliphatic hydroxyl groups is 1. The van der Waals surface area contributed by atoms with Crippen molar-refractivity contribution in [3.05, 3.63) is 41.8 Å². The van der Waals surface area contributed by atoms with Gasteiger partial charge >= 0.3 is 0 Å². The summed E-state index contributed by atoms with van der Waals surface area (Å²) in [4.78, 5) is 0. The van der Waals surface area contributed by atoms with Crippen molar-refractivity contribution in [1.29, 1.82) is 0 Å². The van der Waals surface area contributed by atoms with Gasteiger partial charge in [0.1, 0.15) is 6.42 Å². The van der Waals surface area contributed by atoms with Crippen LogP contribution in [-0.4, -0.2) is 5.11 Å². The Hall–Kier alpha value is -0.950. The Bertz CT molecular complexity index is 230. The minimum absolute atomic E-state index is 0.420. The van der Waals surface area contributed by atoms with Gasteiger partial charge in [-0.15, -0.1) is 0 Å². The average molecular weight is 149 g/mol. The molecular formula is C10H13O+. The molecule has 0 spiro atoms. The standard InChI is InChI=1S/C10H13O/c1-3-10(11)9-7-5-4-6-8(9)2/h3-7,10-11H,1-2H3/q+1. The minimum atomic E-state index is -0.420. The Labute approximate surface area is 67.7 Å². The van der Waals surface area contributed by atoms with Crippen LogP contribution in [0.3, 0.4) is 0 Å². The Kier molecular flexibility index (Phi) is 2.55. The number of hydrogen-bond donors (Lipinski definition) is 1. The third-order valence-corrected chi connectivity index (χ3v) is 1.82. The number of rotatable bonds is 2. The summed E-state index contributed by atoms with van der Waals surface area (Å²) in [5.74, 6) is 0. The second-order valence-electron chi connectivity index (χ2n) is 2.63. The Morgan fingerprint density at radius 2 is 2.00 bits per heavy atom. The molecule has 1 nitrogen and oxygen atoms in total. The van der Waals surface area contributed by atoms with E-state index in [2.05, 4.69) is 0 Å². The van der Waals surface area contributed by atoms with Gasteiger partial charge in [-0.1, -0.05) is 24.3 Å². The van der Waals surface area contributed by atoms with Crippen LogP contribution in [0, 0.1) is 13.3 Å². The first-order valence-corrected chi connectivity index (χ1v) is 3.78. The van der Waals surface area contributed by atoms with E-state index in [1.54, 1.807) is 6.42 Å². The second-order valence-corrected chi connectivity index (χ2v) is 2.63. The van der Waals surface area contributed by atoms with Crippen LogP contribution in [0.15, 0.2) is 24.3 Å². The fourth-order valence-corrected chi connectivity index (χ4v) is 1.10. The molecule has 1 aromatic carbocycles. The van der Waals surface area contributed by atoms with Crippen molar-refractivity contribution >= 4 is 0 Å². The zero-order valence-corrected chi connectivity index (χ0v) is 6.91. The molecule has 0 radical (unpaired) electrons. The smallest absolute Gasteiger partial charge is 0.220 e. The number of aryl methyl sites for hydroxylation is 1. The summed E-state index contributed by atoms with van der Waals surface area (Å²) < 4.78 is 0. The van der Waals surface area contributed by atoms with Crippen LogP contribution in [0.25, 0.3) is 0 Å². The fraction of sp³-hybridized carbons (Fsp3) is 0.300. The van der Waals surface area contributed by atoms with Gasteiger partial charge in [0.05, 0.1) is 6.92 Å². The van der Waals surface area contributed by atoms with E-state index in [-0.39, 0.29) is 0 Å². The topological polar surface area (TPSA) is 20.2 Å². The van der Waals surface area contributed by atoms with Crippen molar-refractivity contribution < 1.29 is 5.11 Å². The first-order valence-electron chi connectivity index (χ1n) is 3.78. The average Bonchev–Trinajstić information content (AvgIpc) is 2.04. The molecule has 1 atom stereocenters. The van der Waals surface area contributed by atoms with Gasteiger partial charge in [-0.25, -0.2) is 0 Å². The third-order valence-electron chi connectivity index (χ3n) is 1.82. The van der Waals surface area contributed by atoms with Gasteiger partial charge in [-0.05, 0) is 12.5 Å². The third kappa shape index (κ3) is 1.75. The van der Waals surface area contributed by atoms with Gasteiger partial charge in [0.25, 0.3) is 0 Å². The monoisotopic (exact) mass is 149 g/mol. The second kappa shape index (κ2) is 3.44. The lowest BCUT2D eigenvalue weighted by atomic mass is 10.0. The van der Waals surface area contributed by atoms with Gasteiger partial charge in [0.2, 0.25) is 6.10 Å². The van der Waals surface area contributed by atoms with E-state index in [1.807, 2.05) is 38.1 Å². The van der Waals surface area contributed by atoms with Crippen molar-refractivity contribution in [1.82, 2.24) is 0 Å². The highest BCUT2D eigenvalue weighted by molar-refractivity contribution is 5.28. The lowest BCUT2D eigenvalue weighted by Crippen LogP contribution is -1.97. The lowest BCUT2D eigenvalue weighted by molar-refractivity contribution is 0.211. The molecule has 1 aromatic rings. The molecule has 0 aliphatic rings. The molecule has 1 N–H and O–H groups in total. The lowest BCUT2D eigenvalue weighted by Gasteiger charge is -2.03. The van der Waals surface area contributed by atoms with Crippen LogP contribution in [0.5, 0.6) is 0 Å². The predicted octanol–water partition coefficient (Wildman–Crippen LogP) is 2.25. The van der Waals surface area contributed by atoms with Gasteiger partial charge in [0, 0.05) is 5.56 Å². The molecule has 11 heavy (non-hydrogen) atoms. The van der Waals surface area contributed by atoms with Crippen molar-refractivity contribution in [2.75, 3.05) is 0 Å². The van der Waals surface area contributed by atoms with Crippen LogP contribution in [0.4, 0.5) is 0 Å². The van der Waals surface area contributed by atoms with Crippen molar-refractivity contribution in [3.63, 3.8) is 0 Å². The van der Waals surface area contributed by atoms with E-state index in [0.29, 0.717) is 0 Å². The summed E-state index contributed by atoms with van der Waals surface area (Å²) in [5, 5.41) is 9.45. The molecule has 58 valence electrons. The van der Waals surface area contributed by atoms with E-state index < -0.39 is 6.10 Å². The maximum Gasteiger partial charge on any atom is 0.220 e. The van der Waals surface area contributed by atoms with Crippen LogP contribution in [0.2, 0.25) is 0 Å². The molecule has 1 heteroatoms. The normalized spacial score (nSPS) is 12.6. The molecular weight excluding hydrogens is 136 g/mol. The first kappa shape index (κ1) is 8.15. The summed E-state index contributed by atoms with van der Waals surface area (Å²) in [6.45, 7) is 3.86. The highest BCUT2D eigenvalue weighted by atomic mass is 16.3. The molecule has 0 fully saturated rings. The summed E-state index contributed by atoms with van der Waals surface area (Å²) in [5.41, 5.74) is 2.13. The Morgan fingerprint density at radius 1 is 1.36 bits per heavy atom. The highest BCUT2D eigenvalue weighted by Crippen LogP contribution is 2.18. The summed E-state index contributed by atoms with van der Waals surface area (Å²) in [6.07, 6.45) is 1.36. The first-order chi connectivity index (χ1) is 5.25. The molecule has 0 amide bonds. The van der Waals surface area contributed by atoms with Crippen LogP contribution < -0.4 is 0 Å². The molecule has 0 bridgehead atoms. The van der Waals surface area contributed by atoms with Crippen LogP contribution in [0.1, 0.15) is 24.2 Å². The maximum absolute atomic E-state index is 9.45. The molecule has 0 saturated heterocycles. The summed E-state index contributed by atoms with van der Waals surface area (Å²) in [6, 6.07) is 7.86. The Balaban J connectivity index is 2.93. The maximum atomic E-state index is 9.45. The molecule has 1 rings (SSSR count). The number of hydrogen-bond acceptors (Lipinski definition) is 1. The predicted molar refractivity (Wildman–Crippen MR) is 46.1 cm³/mol. The zero-order valence-electron chi connectivity index (χ0n) is 6.91. The number of benzene rings is 1. The molecule has 0 aliphatic carbocycles.